The van der Waals surface area contributed by atoms with E-state index in [2.05, 4.69) is 15.5 Å². The monoisotopic (exact) mass is 350 g/mol. The molecule has 1 saturated heterocycles. The lowest BCUT2D eigenvalue weighted by Crippen LogP contribution is -2.42. The molecule has 0 saturated carbocycles. The van der Waals surface area contributed by atoms with Gasteiger partial charge in [-0.15, -0.1) is 0 Å². The third kappa shape index (κ3) is 4.33. The largest absolute Gasteiger partial charge is 0.339 e. The van der Waals surface area contributed by atoms with Crippen molar-refractivity contribution in [1.29, 1.82) is 0 Å². The molecule has 2 heterocycles. The van der Waals surface area contributed by atoms with Gasteiger partial charge in [-0.1, -0.05) is 24.3 Å². The molecule has 2 amide bonds. The van der Waals surface area contributed by atoms with Crippen molar-refractivity contribution in [3.05, 3.63) is 65.5 Å². The van der Waals surface area contributed by atoms with Crippen molar-refractivity contribution >= 4 is 18.0 Å². The van der Waals surface area contributed by atoms with Crippen molar-refractivity contribution in [3.63, 3.8) is 0 Å². The Morgan fingerprint density at radius 1 is 1.15 bits per heavy atom. The van der Waals surface area contributed by atoms with Gasteiger partial charge in [0.25, 0.3) is 5.91 Å². The molecule has 6 nitrogen and oxygen atoms in total. The van der Waals surface area contributed by atoms with Crippen LogP contribution in [0.2, 0.25) is 0 Å². The van der Waals surface area contributed by atoms with Gasteiger partial charge in [0.1, 0.15) is 0 Å². The Balaban J connectivity index is 1.50. The van der Waals surface area contributed by atoms with Crippen molar-refractivity contribution < 1.29 is 9.59 Å². The molecule has 0 aliphatic carbocycles. The third-order valence-corrected chi connectivity index (χ3v) is 4.59. The number of aromatic nitrogens is 1. The zero-order valence-corrected chi connectivity index (χ0v) is 14.8. The van der Waals surface area contributed by atoms with Gasteiger partial charge < -0.3 is 4.90 Å². The number of aryl methyl sites for hydroxylation is 1. The number of benzene rings is 1. The van der Waals surface area contributed by atoms with E-state index >= 15 is 0 Å². The standard InChI is InChI=1S/C20H22N4O2/c1-15-6-2-3-8-18(15)20(26)24-12-9-16(10-13-24)19(25)23-22-14-17-7-4-5-11-21-17/h2-8,11,14,16H,9-10,12-13H2,1H3,(H,23,25)/b22-14+. The summed E-state index contributed by atoms with van der Waals surface area (Å²) in [7, 11) is 0. The fraction of sp³-hybridized carbons (Fsp3) is 0.300. The summed E-state index contributed by atoms with van der Waals surface area (Å²) in [6.45, 7) is 3.09. The number of piperidine rings is 1. The smallest absolute Gasteiger partial charge is 0.254 e. The van der Waals surface area contributed by atoms with E-state index in [4.69, 9.17) is 0 Å². The molecule has 0 atom stereocenters. The lowest BCUT2D eigenvalue weighted by atomic mass is 9.95. The molecule has 1 aliphatic heterocycles. The predicted molar refractivity (Wildman–Crippen MR) is 99.8 cm³/mol. The summed E-state index contributed by atoms with van der Waals surface area (Å²) in [5, 5.41) is 3.96. The van der Waals surface area contributed by atoms with Crippen molar-refractivity contribution in [3.8, 4) is 0 Å². The zero-order valence-electron chi connectivity index (χ0n) is 14.8. The van der Waals surface area contributed by atoms with E-state index in [1.54, 1.807) is 6.20 Å². The molecule has 0 radical (unpaired) electrons. The van der Waals surface area contributed by atoms with Gasteiger partial charge in [-0.05, 0) is 43.5 Å². The first-order chi connectivity index (χ1) is 12.6. The Hall–Kier alpha value is -3.02. The van der Waals surface area contributed by atoms with E-state index in [-0.39, 0.29) is 17.7 Å². The first kappa shape index (κ1) is 17.8. The number of amides is 2. The van der Waals surface area contributed by atoms with Gasteiger partial charge in [0.2, 0.25) is 5.91 Å². The van der Waals surface area contributed by atoms with Crippen LogP contribution in [0.25, 0.3) is 0 Å². The Bertz CT molecular complexity index is 796. The molecule has 1 aromatic carbocycles. The number of hydrogen-bond donors (Lipinski definition) is 1. The molecule has 0 bridgehead atoms. The van der Waals surface area contributed by atoms with Crippen molar-refractivity contribution in [2.45, 2.75) is 19.8 Å². The Morgan fingerprint density at radius 2 is 1.88 bits per heavy atom. The van der Waals surface area contributed by atoms with Crippen LogP contribution >= 0.6 is 0 Å². The minimum absolute atomic E-state index is 0.0372. The minimum Gasteiger partial charge on any atom is -0.339 e. The number of rotatable bonds is 4. The highest BCUT2D eigenvalue weighted by molar-refractivity contribution is 5.95. The average molecular weight is 350 g/mol. The van der Waals surface area contributed by atoms with Crippen molar-refractivity contribution in [2.75, 3.05) is 13.1 Å². The lowest BCUT2D eigenvalue weighted by Gasteiger charge is -2.31. The molecule has 26 heavy (non-hydrogen) atoms. The molecule has 1 aromatic heterocycles. The number of likely N-dealkylation sites (tertiary alicyclic amines) is 1. The first-order valence-corrected chi connectivity index (χ1v) is 8.74. The van der Waals surface area contributed by atoms with Gasteiger partial charge in [0, 0.05) is 30.8 Å². The Kier molecular flexibility index (Phi) is 5.73. The van der Waals surface area contributed by atoms with Crippen LogP contribution in [0.15, 0.2) is 53.8 Å². The molecule has 0 unspecified atom stereocenters. The second kappa shape index (κ2) is 8.38. The molecule has 1 N–H and O–H groups in total. The molecule has 2 aromatic rings. The van der Waals surface area contributed by atoms with Crippen LogP contribution in [0, 0.1) is 12.8 Å². The Labute approximate surface area is 152 Å². The van der Waals surface area contributed by atoms with E-state index < -0.39 is 0 Å². The van der Waals surface area contributed by atoms with Crippen LogP contribution in [0.5, 0.6) is 0 Å². The van der Waals surface area contributed by atoms with E-state index in [1.165, 1.54) is 6.21 Å². The molecule has 0 spiro atoms. The summed E-state index contributed by atoms with van der Waals surface area (Å²) in [4.78, 5) is 30.8. The minimum atomic E-state index is -0.128. The number of hydrogen-bond acceptors (Lipinski definition) is 4. The second-order valence-corrected chi connectivity index (χ2v) is 6.37. The van der Waals surface area contributed by atoms with Crippen LogP contribution in [-0.2, 0) is 4.79 Å². The van der Waals surface area contributed by atoms with Gasteiger partial charge in [-0.3, -0.25) is 14.6 Å². The van der Waals surface area contributed by atoms with Crippen LogP contribution in [0.1, 0.15) is 34.5 Å². The molecular weight excluding hydrogens is 328 g/mol. The van der Waals surface area contributed by atoms with Crippen molar-refractivity contribution in [2.24, 2.45) is 11.0 Å². The second-order valence-electron chi connectivity index (χ2n) is 6.37. The number of hydrazone groups is 1. The molecule has 6 heteroatoms. The third-order valence-electron chi connectivity index (χ3n) is 4.59. The molecular formula is C20H22N4O2. The van der Waals surface area contributed by atoms with Gasteiger partial charge >= 0.3 is 0 Å². The van der Waals surface area contributed by atoms with Gasteiger partial charge in [0.05, 0.1) is 11.9 Å². The average Bonchev–Trinajstić information content (AvgIpc) is 2.69. The number of carbonyl (C=O) groups excluding carboxylic acids is 2. The molecule has 1 aliphatic rings. The lowest BCUT2D eigenvalue weighted by molar-refractivity contribution is -0.126. The molecule has 1 fully saturated rings. The SMILES string of the molecule is Cc1ccccc1C(=O)N1CCC(C(=O)N/N=C/c2ccccn2)CC1. The summed E-state index contributed by atoms with van der Waals surface area (Å²) in [5.74, 6) is -0.202. The summed E-state index contributed by atoms with van der Waals surface area (Å²) in [6.07, 6.45) is 4.48. The first-order valence-electron chi connectivity index (χ1n) is 8.74. The summed E-state index contributed by atoms with van der Waals surface area (Å²) >= 11 is 0. The predicted octanol–water partition coefficient (Wildman–Crippen LogP) is 2.39. The number of nitrogens with one attached hydrogen (secondary N) is 1. The maximum atomic E-state index is 12.6. The highest BCUT2D eigenvalue weighted by Gasteiger charge is 2.28. The highest BCUT2D eigenvalue weighted by Crippen LogP contribution is 2.20. The quantitative estimate of drug-likeness (QED) is 0.680. The van der Waals surface area contributed by atoms with Crippen LogP contribution in [-0.4, -0.2) is 41.0 Å². The summed E-state index contributed by atoms with van der Waals surface area (Å²) in [5.41, 5.74) is 4.96. The highest BCUT2D eigenvalue weighted by atomic mass is 16.2. The molecule has 3 rings (SSSR count). The van der Waals surface area contributed by atoms with E-state index in [9.17, 15) is 9.59 Å². The number of pyridine rings is 1. The maximum Gasteiger partial charge on any atom is 0.254 e. The van der Waals surface area contributed by atoms with Crippen LogP contribution in [0.4, 0.5) is 0 Å². The van der Waals surface area contributed by atoms with Crippen LogP contribution in [0.3, 0.4) is 0 Å². The van der Waals surface area contributed by atoms with Crippen molar-refractivity contribution in [1.82, 2.24) is 15.3 Å². The fourth-order valence-electron chi connectivity index (χ4n) is 3.03. The number of carbonyl (C=O) groups is 2. The van der Waals surface area contributed by atoms with E-state index in [0.717, 1.165) is 11.1 Å². The van der Waals surface area contributed by atoms with E-state index in [1.807, 2.05) is 54.3 Å². The van der Waals surface area contributed by atoms with Crippen LogP contribution < -0.4 is 5.43 Å². The maximum absolute atomic E-state index is 12.6. The van der Waals surface area contributed by atoms with Gasteiger partial charge in [0.15, 0.2) is 0 Å². The summed E-state index contributed by atoms with van der Waals surface area (Å²) < 4.78 is 0. The van der Waals surface area contributed by atoms with Gasteiger partial charge in [-0.2, -0.15) is 5.10 Å². The normalized spacial score (nSPS) is 15.2. The summed E-state index contributed by atoms with van der Waals surface area (Å²) in [6, 6.07) is 13.1. The topological polar surface area (TPSA) is 74.7 Å². The fourth-order valence-corrected chi connectivity index (χ4v) is 3.03. The Morgan fingerprint density at radius 3 is 2.58 bits per heavy atom. The number of nitrogens with zero attached hydrogens (tertiary/aromatic N) is 3. The molecule has 134 valence electrons. The van der Waals surface area contributed by atoms with Gasteiger partial charge in [-0.25, -0.2) is 5.43 Å². The zero-order chi connectivity index (χ0) is 18.4. The van der Waals surface area contributed by atoms with E-state index in [0.29, 0.717) is 31.6 Å².